The summed E-state index contributed by atoms with van der Waals surface area (Å²) < 4.78 is 0. The molecule has 0 bridgehead atoms. The summed E-state index contributed by atoms with van der Waals surface area (Å²) in [5.74, 6) is -1.92. The zero-order chi connectivity index (χ0) is 36.1. The van der Waals surface area contributed by atoms with Gasteiger partial charge in [0.05, 0.1) is 45.2 Å². The van der Waals surface area contributed by atoms with E-state index in [4.69, 9.17) is 50.1 Å². The molecule has 0 saturated heterocycles. The molecule has 3 aliphatic heterocycles. The summed E-state index contributed by atoms with van der Waals surface area (Å²) in [6, 6.07) is 18.9. The minimum atomic E-state index is -2.38. The van der Waals surface area contributed by atoms with Gasteiger partial charge in [-0.15, -0.1) is 0 Å². The first-order valence-electron chi connectivity index (χ1n) is 16.9. The molecule has 3 aromatic carbocycles. The molecule has 0 aromatic heterocycles. The first kappa shape index (κ1) is 46.6. The maximum absolute atomic E-state index is 9.74. The van der Waals surface area contributed by atoms with Gasteiger partial charge in [0.15, 0.2) is 6.10 Å². The van der Waals surface area contributed by atoms with E-state index in [0.29, 0.717) is 17.8 Å². The normalized spacial score (nSPS) is 20.0. The predicted octanol–water partition coefficient (Wildman–Crippen LogP) is -1.13. The van der Waals surface area contributed by atoms with Crippen LogP contribution in [0.25, 0.3) is 0 Å². The Kier molecular flexibility index (Phi) is 21.3. The number of nitrogens with two attached hydrogens (primary N) is 3. The Bertz CT molecular complexity index is 1380. The predicted molar refractivity (Wildman–Crippen MR) is 197 cm³/mol. The molecule has 3 aromatic rings. The molecule has 0 saturated carbocycles. The fraction of sp³-hybridized carbons (Fsp3) is 0.474. The summed E-state index contributed by atoms with van der Waals surface area (Å²) >= 11 is 18.0. The zero-order valence-electron chi connectivity index (χ0n) is 28.8. The lowest BCUT2D eigenvalue weighted by Crippen LogP contribution is -3.00. The lowest BCUT2D eigenvalue weighted by Gasteiger charge is -2.13. The van der Waals surface area contributed by atoms with Crippen LogP contribution in [0.1, 0.15) is 79.3 Å². The lowest BCUT2D eigenvalue weighted by atomic mass is 9.96. The molecular weight excluding hydrogens is 736 g/mol. The summed E-state index contributed by atoms with van der Waals surface area (Å²) in [6.45, 7) is 14.0. The number of rotatable bonds is 3. The molecule has 0 unspecified atom stereocenters. The fourth-order valence-electron chi connectivity index (χ4n) is 6.28. The average molecular weight is 791 g/mol. The van der Waals surface area contributed by atoms with E-state index in [-0.39, 0.29) is 19.8 Å². The van der Waals surface area contributed by atoms with E-state index in [1.54, 1.807) is 0 Å². The van der Waals surface area contributed by atoms with Crippen molar-refractivity contribution in [3.8, 4) is 0 Å². The molecule has 0 fully saturated rings. The van der Waals surface area contributed by atoms with Crippen molar-refractivity contribution in [2.45, 2.75) is 77.4 Å². The molecule has 5 atom stereocenters. The summed E-state index contributed by atoms with van der Waals surface area (Å²) in [5, 5.41) is 43.9. The number of quaternary nitrogens is 3. The van der Waals surface area contributed by atoms with Crippen LogP contribution in [0.3, 0.4) is 0 Å². The van der Waals surface area contributed by atoms with E-state index in [9.17, 15) is 14.7 Å². The Morgan fingerprint density at radius 1 is 0.647 bits per heavy atom. The molecule has 6 rings (SSSR count). The van der Waals surface area contributed by atoms with E-state index in [0.717, 1.165) is 15.1 Å². The van der Waals surface area contributed by atoms with Gasteiger partial charge in [-0.05, 0) is 69.8 Å². The van der Waals surface area contributed by atoms with E-state index in [2.05, 4.69) is 73.1 Å². The topological polar surface area (TPSA) is 168 Å². The van der Waals surface area contributed by atoms with Crippen molar-refractivity contribution in [3.63, 3.8) is 0 Å². The Hall–Kier alpha value is -2.44. The number of aliphatic hydroxyl groups excluding tert-OH is 2. The number of carbonyl (C=O) groups excluding carboxylic acids is 1. The second-order valence-electron chi connectivity index (χ2n) is 13.0. The number of aliphatic hydroxyl groups is 2. The Morgan fingerprint density at radius 3 is 1.18 bits per heavy atom. The zero-order valence-corrected chi connectivity index (χ0v) is 31.8. The van der Waals surface area contributed by atoms with Crippen LogP contribution < -0.4 is 33.5 Å². The van der Waals surface area contributed by atoms with E-state index in [1.165, 1.54) is 91.9 Å². The van der Waals surface area contributed by atoms with Crippen LogP contribution in [0, 0.1) is 0 Å². The monoisotopic (exact) mass is 788 g/mol. The van der Waals surface area contributed by atoms with Crippen LogP contribution in [0.5, 0.6) is 0 Å². The van der Waals surface area contributed by atoms with Gasteiger partial charge in [0.2, 0.25) is 0 Å². The summed E-state index contributed by atoms with van der Waals surface area (Å²) in [7, 11) is 0. The van der Waals surface area contributed by atoms with Crippen LogP contribution in [-0.2, 0) is 28.9 Å². The number of hydrogen-bond acceptors (Lipinski definition) is 5. The number of halogens is 4. The lowest BCUT2D eigenvalue weighted by molar-refractivity contribution is -0.655. The van der Waals surface area contributed by atoms with Crippen LogP contribution in [-0.4, -0.2) is 78.7 Å². The highest BCUT2D eigenvalue weighted by Gasteiger charge is 2.24. The summed E-state index contributed by atoms with van der Waals surface area (Å²) in [6.07, 6.45) is -1.17. The molecule has 9 N–H and O–H groups in total. The van der Waals surface area contributed by atoms with Gasteiger partial charge in [0.1, 0.15) is 6.10 Å². The molecule has 9 nitrogen and oxygen atoms in total. The highest BCUT2D eigenvalue weighted by atomic mass is 35.5. The first-order valence-corrected chi connectivity index (χ1v) is 18.0. The van der Waals surface area contributed by atoms with Gasteiger partial charge < -0.3 is 53.6 Å². The number of carbonyl (C=O) groups is 2. The number of carboxylic acid groups (broad SMARTS) is 2. The molecule has 3 aliphatic rings. The van der Waals surface area contributed by atoms with Gasteiger partial charge in [-0.25, -0.2) is 4.79 Å². The number of benzene rings is 3. The molecule has 0 aliphatic carbocycles. The standard InChI is InChI=1S/3C11H14ClN.C4H6O6.CH4.ClH/c3*1-8-7-13-5-4-9-2-3-10(12)6-11(8)9;5-1(3(7)8)2(6)4(9)10;;/h3*2-3,6,8,13H,4-5,7H2,1H3;1-2,5-6H,(H,7,8)(H,9,10);1H4;1H/p+1/t3*8-;1-,2-;;/m0001../s1. The number of aliphatic carboxylic acids is 2. The second kappa shape index (κ2) is 23.3. The molecule has 51 heavy (non-hydrogen) atoms. The maximum Gasteiger partial charge on any atom is 0.335 e. The van der Waals surface area contributed by atoms with Crippen molar-refractivity contribution in [2.75, 3.05) is 39.3 Å². The fourth-order valence-corrected chi connectivity index (χ4v) is 6.82. The van der Waals surface area contributed by atoms with Crippen molar-refractivity contribution in [1.29, 1.82) is 0 Å². The van der Waals surface area contributed by atoms with Crippen LogP contribution in [0.2, 0.25) is 15.1 Å². The van der Waals surface area contributed by atoms with Crippen molar-refractivity contribution >= 4 is 46.7 Å². The average Bonchev–Trinajstić information content (AvgIpc) is 3.46. The second-order valence-corrected chi connectivity index (χ2v) is 14.3. The first-order chi connectivity index (χ1) is 23.3. The van der Waals surface area contributed by atoms with Crippen molar-refractivity contribution in [1.82, 2.24) is 0 Å². The van der Waals surface area contributed by atoms with Crippen LogP contribution in [0.15, 0.2) is 54.6 Å². The maximum atomic E-state index is 9.74. The largest absolute Gasteiger partial charge is 1.00 e. The van der Waals surface area contributed by atoms with Gasteiger partial charge >= 0.3 is 5.97 Å². The molecule has 3 heterocycles. The summed E-state index contributed by atoms with van der Waals surface area (Å²) in [4.78, 5) is 19.4. The van der Waals surface area contributed by atoms with Crippen LogP contribution >= 0.6 is 34.8 Å². The summed E-state index contributed by atoms with van der Waals surface area (Å²) in [5.41, 5.74) is 8.77. The Labute approximate surface area is 323 Å². The minimum absolute atomic E-state index is 0. The smallest absolute Gasteiger partial charge is 0.335 e. The third-order valence-electron chi connectivity index (χ3n) is 9.12. The van der Waals surface area contributed by atoms with E-state index in [1.807, 2.05) is 18.2 Å². The van der Waals surface area contributed by atoms with Crippen LogP contribution in [0.4, 0.5) is 0 Å². The Balaban J connectivity index is 0.000000338. The third kappa shape index (κ3) is 14.8. The van der Waals surface area contributed by atoms with Crippen molar-refractivity contribution in [3.05, 3.63) is 103 Å². The molecule has 284 valence electrons. The van der Waals surface area contributed by atoms with Crippen molar-refractivity contribution in [2.24, 2.45) is 0 Å². The van der Waals surface area contributed by atoms with Crippen molar-refractivity contribution < 1.29 is 58.4 Å². The molecular formula is C38H54Cl4N3O6+. The number of hydrogen-bond donors (Lipinski definition) is 6. The SMILES string of the molecule is C.C[C@H]1C[NH2+]CCc2ccc(Cl)cc21.C[C@H]1C[NH2+]CCc2ccc(Cl)cc21.C[C@H]1C[NH2+]CCc2ccc(Cl)cc21.O=C([O-])[C@H](O)[C@@H](O)C(=O)O.[Cl-]. The molecule has 0 amide bonds. The van der Waals surface area contributed by atoms with Gasteiger partial charge in [-0.3, -0.25) is 0 Å². The number of fused-ring (bicyclic) bond motifs is 3. The van der Waals surface area contributed by atoms with E-state index >= 15 is 0 Å². The Morgan fingerprint density at radius 2 is 0.941 bits per heavy atom. The molecule has 0 radical (unpaired) electrons. The highest BCUT2D eigenvalue weighted by molar-refractivity contribution is 6.31. The molecule has 13 heteroatoms. The number of carboxylic acids is 2. The van der Waals surface area contributed by atoms with Gasteiger partial charge in [-0.2, -0.15) is 0 Å². The molecule has 0 spiro atoms. The minimum Gasteiger partial charge on any atom is -1.00 e. The van der Waals surface area contributed by atoms with Gasteiger partial charge in [0.25, 0.3) is 0 Å². The van der Waals surface area contributed by atoms with Gasteiger partial charge in [0, 0.05) is 52.1 Å². The highest BCUT2D eigenvalue weighted by Crippen LogP contribution is 2.26. The van der Waals surface area contributed by atoms with Gasteiger partial charge in [-0.1, -0.05) is 81.2 Å². The third-order valence-corrected chi connectivity index (χ3v) is 9.83. The van der Waals surface area contributed by atoms with E-state index < -0.39 is 24.1 Å². The quantitative estimate of drug-likeness (QED) is 0.197.